The van der Waals surface area contributed by atoms with Crippen molar-refractivity contribution in [3.05, 3.63) is 11.8 Å². The van der Waals surface area contributed by atoms with Crippen LogP contribution in [0.1, 0.15) is 37.0 Å². The average molecular weight is 256 g/mol. The van der Waals surface area contributed by atoms with Crippen LogP contribution in [-0.4, -0.2) is 33.7 Å². The van der Waals surface area contributed by atoms with Gasteiger partial charge in [0.25, 0.3) is 5.91 Å². The number of anilines is 1. The second kappa shape index (κ2) is 5.95. The summed E-state index contributed by atoms with van der Waals surface area (Å²) in [4.78, 5) is 11.9. The maximum absolute atomic E-state index is 11.9. The van der Waals surface area contributed by atoms with Gasteiger partial charge in [0.1, 0.15) is 11.4 Å². The molecule has 1 aromatic rings. The number of hydrogen-bond donors (Lipinski definition) is 3. The molecule has 1 aromatic heterocycles. The van der Waals surface area contributed by atoms with Crippen LogP contribution in [0.15, 0.2) is 6.20 Å². The number of aromatic amines is 1. The maximum atomic E-state index is 11.9. The molecule has 5 nitrogen and oxygen atoms in total. The Kier molecular flexibility index (Phi) is 4.86. The van der Waals surface area contributed by atoms with E-state index < -0.39 is 0 Å². The van der Waals surface area contributed by atoms with Crippen LogP contribution in [0.2, 0.25) is 0 Å². The fourth-order valence-corrected chi connectivity index (χ4v) is 2.47. The lowest BCUT2D eigenvalue weighted by molar-refractivity contribution is 0.0950. The minimum atomic E-state index is -0.170. The molecule has 0 aliphatic carbocycles. The Morgan fingerprint density at radius 3 is 2.65 bits per heavy atom. The number of nitrogen functional groups attached to an aromatic ring is 1. The minimum Gasteiger partial charge on any atom is -0.383 e. The van der Waals surface area contributed by atoms with Crippen LogP contribution in [0.3, 0.4) is 0 Å². The largest absolute Gasteiger partial charge is 0.383 e. The van der Waals surface area contributed by atoms with Gasteiger partial charge >= 0.3 is 0 Å². The van der Waals surface area contributed by atoms with Crippen molar-refractivity contribution in [3.8, 4) is 0 Å². The van der Waals surface area contributed by atoms with Crippen LogP contribution in [0.5, 0.6) is 0 Å². The summed E-state index contributed by atoms with van der Waals surface area (Å²) in [7, 11) is 0. The van der Waals surface area contributed by atoms with Crippen molar-refractivity contribution in [1.29, 1.82) is 0 Å². The standard InChI is InChI=1S/C11H20N4OS/c1-4-11(5-2,17-3)7-13-10(16)8-6-14-15-9(8)12/h6H,4-5,7H2,1-3H3,(H,13,16)(H3,12,14,15). The summed E-state index contributed by atoms with van der Waals surface area (Å²) in [5.74, 6) is 0.141. The van der Waals surface area contributed by atoms with Crippen molar-refractivity contribution in [2.75, 3.05) is 18.5 Å². The normalized spacial score (nSPS) is 11.5. The second-order valence-electron chi connectivity index (χ2n) is 3.97. The molecule has 0 spiro atoms. The zero-order valence-electron chi connectivity index (χ0n) is 10.5. The van der Waals surface area contributed by atoms with E-state index in [-0.39, 0.29) is 10.7 Å². The molecule has 0 bridgehead atoms. The highest BCUT2D eigenvalue weighted by molar-refractivity contribution is 8.00. The molecule has 1 rings (SSSR count). The van der Waals surface area contributed by atoms with E-state index >= 15 is 0 Å². The molecule has 0 saturated carbocycles. The molecule has 0 fully saturated rings. The molecule has 0 aliphatic rings. The molecule has 0 aliphatic heterocycles. The van der Waals surface area contributed by atoms with E-state index in [4.69, 9.17) is 5.73 Å². The highest BCUT2D eigenvalue weighted by Gasteiger charge is 2.26. The van der Waals surface area contributed by atoms with Crippen LogP contribution in [0.4, 0.5) is 5.82 Å². The molecule has 0 atom stereocenters. The van der Waals surface area contributed by atoms with E-state index in [2.05, 4.69) is 35.6 Å². The first-order chi connectivity index (χ1) is 8.08. The molecular weight excluding hydrogens is 236 g/mol. The number of hydrogen-bond acceptors (Lipinski definition) is 4. The number of nitrogens with one attached hydrogen (secondary N) is 2. The first kappa shape index (κ1) is 13.9. The SMILES string of the molecule is CCC(CC)(CNC(=O)c1cn[nH]c1N)SC. The van der Waals surface area contributed by atoms with Crippen molar-refractivity contribution >= 4 is 23.5 Å². The summed E-state index contributed by atoms with van der Waals surface area (Å²) in [6, 6.07) is 0. The third kappa shape index (κ3) is 3.15. The number of rotatable bonds is 6. The van der Waals surface area contributed by atoms with Crippen molar-refractivity contribution in [2.45, 2.75) is 31.4 Å². The van der Waals surface area contributed by atoms with Gasteiger partial charge in [-0.1, -0.05) is 13.8 Å². The van der Waals surface area contributed by atoms with Crippen molar-refractivity contribution in [2.24, 2.45) is 0 Å². The number of thioether (sulfide) groups is 1. The van der Waals surface area contributed by atoms with Gasteiger partial charge in [0, 0.05) is 11.3 Å². The molecule has 1 amide bonds. The number of nitrogens with two attached hydrogens (primary N) is 1. The minimum absolute atomic E-state index is 0.105. The summed E-state index contributed by atoms with van der Waals surface area (Å²) in [5.41, 5.74) is 6.00. The lowest BCUT2D eigenvalue weighted by atomic mass is 10.0. The van der Waals surface area contributed by atoms with Gasteiger partial charge in [-0.05, 0) is 19.1 Å². The van der Waals surface area contributed by atoms with Gasteiger partial charge in [-0.25, -0.2) is 0 Å². The number of carbonyl (C=O) groups is 1. The monoisotopic (exact) mass is 256 g/mol. The molecule has 96 valence electrons. The average Bonchev–Trinajstić information content (AvgIpc) is 2.78. The second-order valence-corrected chi connectivity index (χ2v) is 5.25. The van der Waals surface area contributed by atoms with Crippen LogP contribution in [0.25, 0.3) is 0 Å². The van der Waals surface area contributed by atoms with Gasteiger partial charge in [-0.3, -0.25) is 9.89 Å². The maximum Gasteiger partial charge on any atom is 0.256 e. The Morgan fingerprint density at radius 1 is 1.59 bits per heavy atom. The van der Waals surface area contributed by atoms with E-state index in [1.165, 1.54) is 6.20 Å². The van der Waals surface area contributed by atoms with Crippen LogP contribution in [0, 0.1) is 0 Å². The van der Waals surface area contributed by atoms with Crippen LogP contribution >= 0.6 is 11.8 Å². The van der Waals surface area contributed by atoms with Gasteiger partial charge in [0.2, 0.25) is 0 Å². The van der Waals surface area contributed by atoms with Gasteiger partial charge < -0.3 is 11.1 Å². The first-order valence-electron chi connectivity index (χ1n) is 5.70. The zero-order chi connectivity index (χ0) is 12.9. The summed E-state index contributed by atoms with van der Waals surface area (Å²) < 4.78 is 0.105. The first-order valence-corrected chi connectivity index (χ1v) is 6.93. The molecule has 0 unspecified atom stereocenters. The van der Waals surface area contributed by atoms with Crippen molar-refractivity contribution in [3.63, 3.8) is 0 Å². The van der Waals surface area contributed by atoms with Crippen LogP contribution in [-0.2, 0) is 0 Å². The summed E-state index contributed by atoms with van der Waals surface area (Å²) in [5, 5.41) is 9.20. The highest BCUT2D eigenvalue weighted by atomic mass is 32.2. The summed E-state index contributed by atoms with van der Waals surface area (Å²) in [6.07, 6.45) is 5.56. The predicted octanol–water partition coefficient (Wildman–Crippen LogP) is 1.64. The van der Waals surface area contributed by atoms with Crippen LogP contribution < -0.4 is 11.1 Å². The van der Waals surface area contributed by atoms with Crippen molar-refractivity contribution in [1.82, 2.24) is 15.5 Å². The quantitative estimate of drug-likeness (QED) is 0.722. The topological polar surface area (TPSA) is 83.8 Å². The van der Waals surface area contributed by atoms with Crippen molar-refractivity contribution < 1.29 is 4.79 Å². The fraction of sp³-hybridized carbons (Fsp3) is 0.636. The molecule has 4 N–H and O–H groups in total. The summed E-state index contributed by atoms with van der Waals surface area (Å²) >= 11 is 1.79. The number of amides is 1. The number of nitrogens with zero attached hydrogens (tertiary/aromatic N) is 1. The van der Waals surface area contributed by atoms with Gasteiger partial charge in [0.15, 0.2) is 0 Å². The van der Waals surface area contributed by atoms with Gasteiger partial charge in [-0.15, -0.1) is 0 Å². The Morgan fingerprint density at radius 2 is 2.24 bits per heavy atom. The zero-order valence-corrected chi connectivity index (χ0v) is 11.4. The molecule has 0 saturated heterocycles. The van der Waals surface area contributed by atoms with Gasteiger partial charge in [-0.2, -0.15) is 16.9 Å². The summed E-state index contributed by atoms with van der Waals surface area (Å²) in [6.45, 7) is 4.92. The Balaban J connectivity index is 2.62. The number of carbonyl (C=O) groups excluding carboxylic acids is 1. The van der Waals surface area contributed by atoms with E-state index in [0.29, 0.717) is 17.9 Å². The highest BCUT2D eigenvalue weighted by Crippen LogP contribution is 2.29. The molecule has 1 heterocycles. The molecular formula is C11H20N4OS. The third-order valence-corrected chi connectivity index (χ3v) is 4.79. The van der Waals surface area contributed by atoms with Gasteiger partial charge in [0.05, 0.1) is 6.20 Å². The number of H-pyrrole nitrogens is 1. The number of aromatic nitrogens is 2. The predicted molar refractivity (Wildman–Crippen MR) is 72.2 cm³/mol. The smallest absolute Gasteiger partial charge is 0.256 e. The molecule has 0 radical (unpaired) electrons. The van der Waals surface area contributed by atoms with E-state index in [1.807, 2.05) is 0 Å². The lowest BCUT2D eigenvalue weighted by Crippen LogP contribution is -2.39. The fourth-order valence-electron chi connectivity index (χ4n) is 1.67. The Hall–Kier alpha value is -1.17. The molecule has 6 heteroatoms. The van der Waals surface area contributed by atoms with E-state index in [0.717, 1.165) is 12.8 Å². The Bertz CT molecular complexity index is 365. The molecule has 17 heavy (non-hydrogen) atoms. The van der Waals surface area contributed by atoms with E-state index in [9.17, 15) is 4.79 Å². The lowest BCUT2D eigenvalue weighted by Gasteiger charge is -2.29. The molecule has 0 aromatic carbocycles. The Labute approximate surface area is 106 Å². The van der Waals surface area contributed by atoms with E-state index in [1.54, 1.807) is 11.8 Å². The third-order valence-electron chi connectivity index (χ3n) is 3.21.